The summed E-state index contributed by atoms with van der Waals surface area (Å²) in [6, 6.07) is 16.1. The number of carbonyl (C=O) groups is 1. The summed E-state index contributed by atoms with van der Waals surface area (Å²) < 4.78 is 6.79. The van der Waals surface area contributed by atoms with Crippen LogP contribution >= 0.6 is 0 Å². The molecule has 0 fully saturated rings. The average Bonchev–Trinajstić information content (AvgIpc) is 2.95. The van der Waals surface area contributed by atoms with Crippen LogP contribution in [0.5, 0.6) is 0 Å². The highest BCUT2D eigenvalue weighted by molar-refractivity contribution is 5.90. The predicted molar refractivity (Wildman–Crippen MR) is 95.3 cm³/mol. The van der Waals surface area contributed by atoms with Crippen molar-refractivity contribution in [2.75, 3.05) is 0 Å². The molecule has 7 nitrogen and oxygen atoms in total. The predicted octanol–water partition coefficient (Wildman–Crippen LogP) is 3.75. The molecule has 0 N–H and O–H groups in total. The first-order valence-corrected chi connectivity index (χ1v) is 7.99. The molecular formula is C19H17N3O4. The molecule has 0 aliphatic rings. The van der Waals surface area contributed by atoms with Crippen LogP contribution in [0.1, 0.15) is 27.3 Å². The fourth-order valence-corrected chi connectivity index (χ4v) is 2.72. The van der Waals surface area contributed by atoms with Crippen LogP contribution in [0.15, 0.2) is 54.6 Å². The van der Waals surface area contributed by atoms with E-state index < -0.39 is 10.9 Å². The third-order valence-corrected chi connectivity index (χ3v) is 3.97. The molecule has 0 saturated heterocycles. The van der Waals surface area contributed by atoms with Crippen molar-refractivity contribution in [1.29, 1.82) is 0 Å². The number of nitrogens with zero attached hydrogens (tertiary/aromatic N) is 3. The van der Waals surface area contributed by atoms with Gasteiger partial charge in [-0.2, -0.15) is 5.10 Å². The molecule has 0 amide bonds. The molecule has 1 aromatic heterocycles. The Morgan fingerprint density at radius 3 is 2.54 bits per heavy atom. The molecule has 0 atom stereocenters. The lowest BCUT2D eigenvalue weighted by atomic mass is 10.2. The topological polar surface area (TPSA) is 87.3 Å². The second kappa shape index (κ2) is 7.18. The van der Waals surface area contributed by atoms with Gasteiger partial charge in [-0.1, -0.05) is 36.4 Å². The number of carbonyl (C=O) groups excluding carboxylic acids is 1. The van der Waals surface area contributed by atoms with E-state index in [9.17, 15) is 14.9 Å². The van der Waals surface area contributed by atoms with Gasteiger partial charge in [-0.25, -0.2) is 9.48 Å². The van der Waals surface area contributed by atoms with Gasteiger partial charge in [0.1, 0.15) is 18.0 Å². The maximum atomic E-state index is 12.3. The van der Waals surface area contributed by atoms with Gasteiger partial charge in [0.15, 0.2) is 0 Å². The van der Waals surface area contributed by atoms with E-state index in [1.54, 1.807) is 38.1 Å². The minimum Gasteiger partial charge on any atom is -0.457 e. The lowest BCUT2D eigenvalue weighted by Crippen LogP contribution is -2.07. The standard InChI is InChI=1S/C19H17N3O4/c1-13-18(22(24)25)14(2)21(20-13)17-10-6-9-16(11-17)19(23)26-12-15-7-4-3-5-8-15/h3-11H,12H2,1-2H3. The zero-order valence-corrected chi connectivity index (χ0v) is 14.4. The number of hydrogen-bond donors (Lipinski definition) is 0. The van der Waals surface area contributed by atoms with E-state index in [-0.39, 0.29) is 12.3 Å². The summed E-state index contributed by atoms with van der Waals surface area (Å²) in [6.07, 6.45) is 0. The molecular weight excluding hydrogens is 334 g/mol. The van der Waals surface area contributed by atoms with Crippen molar-refractivity contribution in [3.8, 4) is 5.69 Å². The molecule has 3 rings (SSSR count). The SMILES string of the molecule is Cc1nn(-c2cccc(C(=O)OCc3ccccc3)c2)c(C)c1[N+](=O)[O-]. The fraction of sp³-hybridized carbons (Fsp3) is 0.158. The van der Waals surface area contributed by atoms with E-state index in [0.717, 1.165) is 5.56 Å². The number of aromatic nitrogens is 2. The number of esters is 1. The van der Waals surface area contributed by atoms with Gasteiger partial charge in [0, 0.05) is 0 Å². The normalized spacial score (nSPS) is 10.5. The van der Waals surface area contributed by atoms with Crippen molar-refractivity contribution >= 4 is 11.7 Å². The molecule has 7 heteroatoms. The Bertz CT molecular complexity index is 964. The first-order chi connectivity index (χ1) is 12.5. The lowest BCUT2D eigenvalue weighted by molar-refractivity contribution is -0.386. The summed E-state index contributed by atoms with van der Waals surface area (Å²) in [7, 11) is 0. The highest BCUT2D eigenvalue weighted by atomic mass is 16.6. The second-order valence-corrected chi connectivity index (χ2v) is 5.80. The smallest absolute Gasteiger partial charge is 0.338 e. The molecule has 0 unspecified atom stereocenters. The highest BCUT2D eigenvalue weighted by Crippen LogP contribution is 2.25. The van der Waals surface area contributed by atoms with Crippen LogP contribution < -0.4 is 0 Å². The minimum atomic E-state index is -0.466. The Labute approximate surface area is 150 Å². The van der Waals surface area contributed by atoms with Crippen LogP contribution in [0.25, 0.3) is 5.69 Å². The summed E-state index contributed by atoms with van der Waals surface area (Å²) in [5.41, 5.74) is 2.52. The number of hydrogen-bond acceptors (Lipinski definition) is 5. The third-order valence-electron chi connectivity index (χ3n) is 3.97. The molecule has 0 bridgehead atoms. The zero-order chi connectivity index (χ0) is 18.7. The van der Waals surface area contributed by atoms with Crippen LogP contribution in [0.3, 0.4) is 0 Å². The molecule has 0 aliphatic heterocycles. The molecule has 0 aliphatic carbocycles. The van der Waals surface area contributed by atoms with Crippen molar-refractivity contribution in [2.24, 2.45) is 0 Å². The monoisotopic (exact) mass is 351 g/mol. The quantitative estimate of drug-likeness (QED) is 0.397. The number of rotatable bonds is 5. The van der Waals surface area contributed by atoms with Crippen molar-refractivity contribution in [3.63, 3.8) is 0 Å². The van der Waals surface area contributed by atoms with Gasteiger partial charge in [0.05, 0.1) is 16.2 Å². The molecule has 132 valence electrons. The molecule has 0 radical (unpaired) electrons. The Kier molecular flexibility index (Phi) is 4.79. The van der Waals surface area contributed by atoms with Crippen molar-refractivity contribution < 1.29 is 14.5 Å². The van der Waals surface area contributed by atoms with Gasteiger partial charge in [-0.3, -0.25) is 10.1 Å². The van der Waals surface area contributed by atoms with E-state index in [4.69, 9.17) is 4.74 Å². The summed E-state index contributed by atoms with van der Waals surface area (Å²) in [4.78, 5) is 23.0. The Hall–Kier alpha value is -3.48. The Morgan fingerprint density at radius 1 is 1.15 bits per heavy atom. The van der Waals surface area contributed by atoms with Gasteiger partial charge in [0.25, 0.3) is 0 Å². The first-order valence-electron chi connectivity index (χ1n) is 7.99. The van der Waals surface area contributed by atoms with Gasteiger partial charge >= 0.3 is 11.7 Å². The van der Waals surface area contributed by atoms with Crippen molar-refractivity contribution in [1.82, 2.24) is 9.78 Å². The van der Waals surface area contributed by atoms with Crippen molar-refractivity contribution in [3.05, 3.63) is 87.2 Å². The lowest BCUT2D eigenvalue weighted by Gasteiger charge is -2.08. The number of ether oxygens (including phenoxy) is 1. The highest BCUT2D eigenvalue weighted by Gasteiger charge is 2.22. The van der Waals surface area contributed by atoms with Crippen LogP contribution in [-0.2, 0) is 11.3 Å². The van der Waals surface area contributed by atoms with E-state index in [1.165, 1.54) is 4.68 Å². The van der Waals surface area contributed by atoms with Crippen LogP contribution in [0, 0.1) is 24.0 Å². The minimum absolute atomic E-state index is 0.0259. The molecule has 0 saturated carbocycles. The summed E-state index contributed by atoms with van der Waals surface area (Å²) in [5, 5.41) is 15.4. The number of nitro groups is 1. The molecule has 0 spiro atoms. The third kappa shape index (κ3) is 3.46. The van der Waals surface area contributed by atoms with E-state index in [1.807, 2.05) is 30.3 Å². The van der Waals surface area contributed by atoms with Crippen molar-refractivity contribution in [2.45, 2.75) is 20.5 Å². The summed E-state index contributed by atoms with van der Waals surface area (Å²) in [5.74, 6) is -0.466. The Balaban J connectivity index is 1.83. The largest absolute Gasteiger partial charge is 0.457 e. The van der Waals surface area contributed by atoms with Gasteiger partial charge in [-0.15, -0.1) is 0 Å². The fourth-order valence-electron chi connectivity index (χ4n) is 2.72. The average molecular weight is 351 g/mol. The summed E-state index contributed by atoms with van der Waals surface area (Å²) in [6.45, 7) is 3.38. The molecule has 1 heterocycles. The second-order valence-electron chi connectivity index (χ2n) is 5.80. The van der Waals surface area contributed by atoms with E-state index in [0.29, 0.717) is 22.6 Å². The first kappa shape index (κ1) is 17.3. The van der Waals surface area contributed by atoms with Crippen LogP contribution in [0.2, 0.25) is 0 Å². The Morgan fingerprint density at radius 2 is 1.88 bits per heavy atom. The molecule has 3 aromatic rings. The maximum Gasteiger partial charge on any atom is 0.338 e. The van der Waals surface area contributed by atoms with Gasteiger partial charge in [-0.05, 0) is 37.6 Å². The maximum absolute atomic E-state index is 12.3. The van der Waals surface area contributed by atoms with Crippen LogP contribution in [0.4, 0.5) is 5.69 Å². The number of benzene rings is 2. The van der Waals surface area contributed by atoms with Gasteiger partial charge in [0.2, 0.25) is 0 Å². The molecule has 2 aromatic carbocycles. The summed E-state index contributed by atoms with van der Waals surface area (Å²) >= 11 is 0. The van der Waals surface area contributed by atoms with E-state index >= 15 is 0 Å². The zero-order valence-electron chi connectivity index (χ0n) is 14.4. The van der Waals surface area contributed by atoms with E-state index in [2.05, 4.69) is 5.10 Å². The molecule has 26 heavy (non-hydrogen) atoms. The van der Waals surface area contributed by atoms with Gasteiger partial charge < -0.3 is 4.74 Å². The number of aryl methyl sites for hydroxylation is 1. The van der Waals surface area contributed by atoms with Crippen LogP contribution in [-0.4, -0.2) is 20.7 Å².